The van der Waals surface area contributed by atoms with Crippen molar-refractivity contribution < 1.29 is 9.53 Å². The van der Waals surface area contributed by atoms with Crippen molar-refractivity contribution in [2.45, 2.75) is 13.1 Å². The van der Waals surface area contributed by atoms with Gasteiger partial charge >= 0.3 is 0 Å². The molecule has 0 atom stereocenters. The lowest BCUT2D eigenvalue weighted by atomic mass is 10.2. The van der Waals surface area contributed by atoms with E-state index in [1.165, 1.54) is 22.2 Å². The van der Waals surface area contributed by atoms with Gasteiger partial charge in [-0.2, -0.15) is 10.2 Å². The van der Waals surface area contributed by atoms with Gasteiger partial charge in [0.15, 0.2) is 0 Å². The van der Waals surface area contributed by atoms with E-state index < -0.39 is 0 Å². The summed E-state index contributed by atoms with van der Waals surface area (Å²) >= 11 is 1.54. The highest BCUT2D eigenvalue weighted by Crippen LogP contribution is 2.23. The number of ether oxygens (including phenoxy) is 1. The molecule has 142 valence electrons. The zero-order valence-electron chi connectivity index (χ0n) is 15.0. The van der Waals surface area contributed by atoms with E-state index >= 15 is 0 Å². The van der Waals surface area contributed by atoms with Crippen LogP contribution in [-0.4, -0.2) is 32.4 Å². The lowest BCUT2D eigenvalue weighted by molar-refractivity contribution is -0.122. The molecular weight excluding hydrogens is 378 g/mol. The van der Waals surface area contributed by atoms with Crippen molar-refractivity contribution in [1.29, 1.82) is 0 Å². The van der Waals surface area contributed by atoms with E-state index in [4.69, 9.17) is 4.74 Å². The molecule has 4 aromatic rings. The molecule has 0 aliphatic carbocycles. The van der Waals surface area contributed by atoms with Gasteiger partial charge < -0.3 is 10.1 Å². The van der Waals surface area contributed by atoms with E-state index in [0.29, 0.717) is 23.5 Å². The largest absolute Gasteiger partial charge is 0.496 e. The van der Waals surface area contributed by atoms with Gasteiger partial charge in [0, 0.05) is 12.1 Å². The Kier molecular flexibility index (Phi) is 4.90. The molecule has 1 N–H and O–H groups in total. The van der Waals surface area contributed by atoms with Crippen molar-refractivity contribution in [3.05, 3.63) is 70.1 Å². The Bertz CT molecular complexity index is 1180. The fourth-order valence-electron chi connectivity index (χ4n) is 2.83. The molecule has 0 saturated carbocycles. The maximum Gasteiger partial charge on any atom is 0.293 e. The van der Waals surface area contributed by atoms with Crippen molar-refractivity contribution >= 4 is 22.8 Å². The Morgan fingerprint density at radius 3 is 2.89 bits per heavy atom. The van der Waals surface area contributed by atoms with Crippen LogP contribution in [0.5, 0.6) is 5.75 Å². The molecular formula is C19H17N5O3S. The highest BCUT2D eigenvalue weighted by atomic mass is 32.1. The van der Waals surface area contributed by atoms with Crippen LogP contribution in [0.1, 0.15) is 5.56 Å². The number of aromatic nitrogens is 4. The second kappa shape index (κ2) is 7.65. The monoisotopic (exact) mass is 395 g/mol. The summed E-state index contributed by atoms with van der Waals surface area (Å²) in [6.07, 6.45) is 1.43. The normalized spacial score (nSPS) is 10.9. The summed E-state index contributed by atoms with van der Waals surface area (Å²) in [4.78, 5) is 25.9. The lowest BCUT2D eigenvalue weighted by Crippen LogP contribution is -2.34. The second-order valence-corrected chi connectivity index (χ2v) is 6.97. The highest BCUT2D eigenvalue weighted by Gasteiger charge is 2.13. The van der Waals surface area contributed by atoms with E-state index in [0.717, 1.165) is 15.1 Å². The fraction of sp³-hybridized carbons (Fsp3) is 0.158. The third kappa shape index (κ3) is 3.52. The van der Waals surface area contributed by atoms with Crippen molar-refractivity contribution in [3.8, 4) is 16.3 Å². The molecule has 4 rings (SSSR count). The topological polar surface area (TPSA) is 90.5 Å². The summed E-state index contributed by atoms with van der Waals surface area (Å²) in [5, 5.41) is 13.2. The highest BCUT2D eigenvalue weighted by molar-refractivity contribution is 7.13. The number of rotatable bonds is 6. The zero-order valence-corrected chi connectivity index (χ0v) is 15.8. The number of amides is 1. The number of para-hydroxylation sites is 1. The molecule has 0 fully saturated rings. The van der Waals surface area contributed by atoms with E-state index in [1.54, 1.807) is 13.2 Å². The van der Waals surface area contributed by atoms with E-state index in [9.17, 15) is 9.59 Å². The Labute approximate surface area is 164 Å². The molecule has 8 nitrogen and oxygen atoms in total. The average Bonchev–Trinajstić information content (AvgIpc) is 3.38. The second-order valence-electron chi connectivity index (χ2n) is 6.02. The van der Waals surface area contributed by atoms with E-state index in [1.807, 2.05) is 41.8 Å². The number of hydrogen-bond donors (Lipinski definition) is 1. The molecule has 1 amide bonds. The molecule has 0 spiro atoms. The van der Waals surface area contributed by atoms with Crippen LogP contribution in [-0.2, 0) is 17.9 Å². The predicted octanol–water partition coefficient (Wildman–Crippen LogP) is 1.94. The van der Waals surface area contributed by atoms with Crippen LogP contribution in [0, 0.1) is 0 Å². The summed E-state index contributed by atoms with van der Waals surface area (Å²) < 4.78 is 7.83. The van der Waals surface area contributed by atoms with Gasteiger partial charge in [-0.25, -0.2) is 9.20 Å². The molecule has 0 aliphatic heterocycles. The van der Waals surface area contributed by atoms with Crippen LogP contribution in [0.15, 0.2) is 59.0 Å². The van der Waals surface area contributed by atoms with E-state index in [2.05, 4.69) is 15.5 Å². The van der Waals surface area contributed by atoms with Crippen LogP contribution >= 0.6 is 11.3 Å². The summed E-state index contributed by atoms with van der Waals surface area (Å²) in [5.41, 5.74) is 1.55. The number of carbonyl (C=O) groups is 1. The van der Waals surface area contributed by atoms with Gasteiger partial charge in [-0.15, -0.1) is 11.3 Å². The zero-order chi connectivity index (χ0) is 19.5. The minimum Gasteiger partial charge on any atom is -0.496 e. The molecule has 28 heavy (non-hydrogen) atoms. The quantitative estimate of drug-likeness (QED) is 0.539. The van der Waals surface area contributed by atoms with Gasteiger partial charge in [0.1, 0.15) is 29.8 Å². The van der Waals surface area contributed by atoms with Gasteiger partial charge in [0.25, 0.3) is 5.56 Å². The summed E-state index contributed by atoms with van der Waals surface area (Å²) in [5.74, 6) is 0.378. The molecule has 0 aliphatic rings. The number of fused-ring (bicyclic) bond motifs is 1. The Morgan fingerprint density at radius 2 is 2.11 bits per heavy atom. The first kappa shape index (κ1) is 17.9. The summed E-state index contributed by atoms with van der Waals surface area (Å²) in [6, 6.07) is 13.0. The third-order valence-corrected chi connectivity index (χ3v) is 5.12. The minimum atomic E-state index is -0.370. The molecule has 3 heterocycles. The molecule has 0 unspecified atom stereocenters. The Hall–Kier alpha value is -3.46. The smallest absolute Gasteiger partial charge is 0.293 e. The van der Waals surface area contributed by atoms with Gasteiger partial charge in [0.05, 0.1) is 12.0 Å². The first-order valence-corrected chi connectivity index (χ1v) is 9.41. The molecule has 9 heteroatoms. The third-order valence-electron chi connectivity index (χ3n) is 4.23. The van der Waals surface area contributed by atoms with Crippen molar-refractivity contribution in [1.82, 2.24) is 24.7 Å². The molecule has 1 aromatic carbocycles. The van der Waals surface area contributed by atoms with Crippen molar-refractivity contribution in [3.63, 3.8) is 0 Å². The number of nitrogens with one attached hydrogen (secondary N) is 1. The fourth-order valence-corrected chi connectivity index (χ4v) is 3.51. The van der Waals surface area contributed by atoms with Gasteiger partial charge in [-0.3, -0.25) is 9.59 Å². The van der Waals surface area contributed by atoms with Crippen molar-refractivity contribution in [2.75, 3.05) is 7.11 Å². The molecule has 3 aromatic heterocycles. The molecule has 0 radical (unpaired) electrons. The van der Waals surface area contributed by atoms with Crippen LogP contribution in [0.4, 0.5) is 0 Å². The standard InChI is InChI=1S/C19H17N5O3S/c1-27-16-6-3-2-5-13(16)10-20-18(25)11-23-19(26)15-9-14(17-7-4-8-28-17)22-24(15)12-21-23/h2-9,12H,10-11H2,1H3,(H,20,25). The first-order chi connectivity index (χ1) is 13.7. The molecule has 0 saturated heterocycles. The average molecular weight is 395 g/mol. The van der Waals surface area contributed by atoms with Gasteiger partial charge in [0.2, 0.25) is 5.91 Å². The maximum atomic E-state index is 12.7. The number of nitrogens with zero attached hydrogens (tertiary/aromatic N) is 4. The predicted molar refractivity (Wildman–Crippen MR) is 105 cm³/mol. The number of thiophene rings is 1. The Morgan fingerprint density at radius 1 is 1.25 bits per heavy atom. The van der Waals surface area contributed by atoms with Crippen LogP contribution in [0.3, 0.4) is 0 Å². The number of methoxy groups -OCH3 is 1. The van der Waals surface area contributed by atoms with Gasteiger partial charge in [-0.05, 0) is 23.6 Å². The lowest BCUT2D eigenvalue weighted by Gasteiger charge is -2.10. The number of hydrogen-bond acceptors (Lipinski definition) is 6. The molecule has 0 bridgehead atoms. The summed E-state index contributed by atoms with van der Waals surface area (Å²) in [7, 11) is 1.58. The SMILES string of the molecule is COc1ccccc1CNC(=O)Cn1ncn2nc(-c3cccs3)cc2c1=O. The van der Waals surface area contributed by atoms with Crippen LogP contribution in [0.25, 0.3) is 16.1 Å². The maximum absolute atomic E-state index is 12.7. The Balaban J connectivity index is 1.50. The van der Waals surface area contributed by atoms with Gasteiger partial charge in [-0.1, -0.05) is 24.3 Å². The van der Waals surface area contributed by atoms with Crippen LogP contribution in [0.2, 0.25) is 0 Å². The number of carbonyl (C=O) groups excluding carboxylic acids is 1. The van der Waals surface area contributed by atoms with E-state index in [-0.39, 0.29) is 18.0 Å². The summed E-state index contributed by atoms with van der Waals surface area (Å²) in [6.45, 7) is 0.124. The minimum absolute atomic E-state index is 0.177. The first-order valence-electron chi connectivity index (χ1n) is 8.53. The van der Waals surface area contributed by atoms with Crippen molar-refractivity contribution in [2.24, 2.45) is 0 Å². The van der Waals surface area contributed by atoms with Crippen LogP contribution < -0.4 is 15.6 Å². The number of benzene rings is 1.